The molecule has 1 aromatic carbocycles. The second kappa shape index (κ2) is 4.94. The number of benzene rings is 1. The molecule has 0 aliphatic carbocycles. The minimum Gasteiger partial charge on any atom is -0.330 e. The molecule has 0 spiro atoms. The van der Waals surface area contributed by atoms with Crippen LogP contribution in [-0.2, 0) is 23.4 Å². The molecule has 1 aromatic heterocycles. The molecule has 0 fully saturated rings. The summed E-state index contributed by atoms with van der Waals surface area (Å²) in [6.07, 6.45) is 1.21. The van der Waals surface area contributed by atoms with Crippen LogP contribution in [0.25, 0.3) is 11.0 Å². The Morgan fingerprint density at radius 3 is 2.63 bits per heavy atom. The molecule has 0 atom stereocenters. The van der Waals surface area contributed by atoms with Gasteiger partial charge in [-0.25, -0.2) is 13.4 Å². The van der Waals surface area contributed by atoms with Crippen molar-refractivity contribution in [1.82, 2.24) is 14.9 Å². The van der Waals surface area contributed by atoms with Crippen molar-refractivity contribution >= 4 is 20.9 Å². The van der Waals surface area contributed by atoms with Gasteiger partial charge >= 0.3 is 0 Å². The predicted molar refractivity (Wildman–Crippen MR) is 75.8 cm³/mol. The van der Waals surface area contributed by atoms with Crippen molar-refractivity contribution in [1.29, 1.82) is 0 Å². The predicted octanol–water partition coefficient (Wildman–Crippen LogP) is 1.47. The number of hydrogen-bond acceptors (Lipinski definition) is 4. The van der Waals surface area contributed by atoms with Crippen LogP contribution in [0.2, 0.25) is 0 Å². The highest BCUT2D eigenvalue weighted by Crippen LogP contribution is 2.19. The third kappa shape index (κ3) is 2.96. The van der Waals surface area contributed by atoms with Crippen molar-refractivity contribution in [2.45, 2.75) is 31.3 Å². The van der Waals surface area contributed by atoms with Crippen LogP contribution in [0.1, 0.15) is 19.7 Å². The van der Waals surface area contributed by atoms with E-state index >= 15 is 0 Å². The molecule has 5 nitrogen and oxygen atoms in total. The summed E-state index contributed by atoms with van der Waals surface area (Å²) >= 11 is 0. The molecule has 2 aromatic rings. The van der Waals surface area contributed by atoms with E-state index in [2.05, 4.69) is 24.1 Å². The SMILES string of the molecule is CC(C)NCc1nc2cc(S(C)(=O)=O)ccc2n1C. The summed E-state index contributed by atoms with van der Waals surface area (Å²) in [6, 6.07) is 5.44. The van der Waals surface area contributed by atoms with Crippen molar-refractivity contribution in [3.8, 4) is 0 Å². The van der Waals surface area contributed by atoms with Crippen LogP contribution < -0.4 is 5.32 Å². The number of sulfone groups is 1. The quantitative estimate of drug-likeness (QED) is 0.922. The normalized spacial score (nSPS) is 12.5. The van der Waals surface area contributed by atoms with Gasteiger partial charge in [0.25, 0.3) is 0 Å². The maximum Gasteiger partial charge on any atom is 0.175 e. The molecule has 1 N–H and O–H groups in total. The molecular weight excluding hydrogens is 262 g/mol. The van der Waals surface area contributed by atoms with E-state index in [0.29, 0.717) is 23.0 Å². The fraction of sp³-hybridized carbons (Fsp3) is 0.462. The number of fused-ring (bicyclic) bond motifs is 1. The summed E-state index contributed by atoms with van der Waals surface area (Å²) < 4.78 is 25.1. The smallest absolute Gasteiger partial charge is 0.175 e. The number of imidazole rings is 1. The second-order valence-corrected chi connectivity index (χ2v) is 7.06. The summed E-state index contributed by atoms with van der Waals surface area (Å²) in [7, 11) is -1.25. The molecule has 0 aliphatic rings. The summed E-state index contributed by atoms with van der Waals surface area (Å²) in [5.41, 5.74) is 1.65. The third-order valence-corrected chi connectivity index (χ3v) is 4.15. The lowest BCUT2D eigenvalue weighted by Crippen LogP contribution is -2.23. The minimum absolute atomic E-state index is 0.307. The van der Waals surface area contributed by atoms with Gasteiger partial charge in [-0.05, 0) is 18.2 Å². The molecule has 0 saturated heterocycles. The van der Waals surface area contributed by atoms with Gasteiger partial charge in [-0.3, -0.25) is 0 Å². The Morgan fingerprint density at radius 2 is 2.05 bits per heavy atom. The van der Waals surface area contributed by atoms with Crippen LogP contribution >= 0.6 is 0 Å². The Bertz CT molecular complexity index is 702. The highest BCUT2D eigenvalue weighted by Gasteiger charge is 2.12. The monoisotopic (exact) mass is 281 g/mol. The summed E-state index contributed by atoms with van der Waals surface area (Å²) in [4.78, 5) is 4.80. The molecule has 0 aliphatic heterocycles. The third-order valence-electron chi connectivity index (χ3n) is 3.04. The van der Waals surface area contributed by atoms with Crippen LogP contribution in [-0.4, -0.2) is 30.3 Å². The molecule has 6 heteroatoms. The second-order valence-electron chi connectivity index (χ2n) is 5.05. The molecule has 19 heavy (non-hydrogen) atoms. The Morgan fingerprint density at radius 1 is 1.37 bits per heavy atom. The summed E-state index contributed by atoms with van der Waals surface area (Å²) in [5, 5.41) is 3.31. The maximum absolute atomic E-state index is 11.5. The first-order chi connectivity index (χ1) is 8.79. The molecular formula is C13H19N3O2S. The Kier molecular flexibility index (Phi) is 3.64. The van der Waals surface area contributed by atoms with Gasteiger partial charge in [0.05, 0.1) is 22.5 Å². The topological polar surface area (TPSA) is 64.0 Å². The zero-order valence-electron chi connectivity index (χ0n) is 11.6. The highest BCUT2D eigenvalue weighted by molar-refractivity contribution is 7.90. The van der Waals surface area contributed by atoms with Gasteiger partial charge in [0.1, 0.15) is 5.82 Å². The standard InChI is InChI=1S/C13H19N3O2S/c1-9(2)14-8-13-15-11-7-10(19(4,17)18)5-6-12(11)16(13)3/h5-7,9,14H,8H2,1-4H3. The van der Waals surface area contributed by atoms with E-state index in [9.17, 15) is 8.42 Å². The van der Waals surface area contributed by atoms with E-state index in [-0.39, 0.29) is 0 Å². The van der Waals surface area contributed by atoms with Gasteiger partial charge < -0.3 is 9.88 Å². The highest BCUT2D eigenvalue weighted by atomic mass is 32.2. The molecule has 0 unspecified atom stereocenters. The van der Waals surface area contributed by atoms with E-state index in [1.54, 1.807) is 18.2 Å². The number of aryl methyl sites for hydroxylation is 1. The zero-order chi connectivity index (χ0) is 14.2. The lowest BCUT2D eigenvalue weighted by atomic mass is 10.3. The number of nitrogens with zero attached hydrogens (tertiary/aromatic N) is 2. The van der Waals surface area contributed by atoms with Gasteiger partial charge in [-0.2, -0.15) is 0 Å². The van der Waals surface area contributed by atoms with Gasteiger partial charge in [-0.15, -0.1) is 0 Å². The van der Waals surface area contributed by atoms with E-state index in [4.69, 9.17) is 0 Å². The fourth-order valence-corrected chi connectivity index (χ4v) is 2.55. The molecule has 0 bridgehead atoms. The number of aromatic nitrogens is 2. The Hall–Kier alpha value is -1.40. The van der Waals surface area contributed by atoms with E-state index in [1.165, 1.54) is 6.26 Å². The van der Waals surface area contributed by atoms with Crippen LogP contribution in [0.3, 0.4) is 0 Å². The first-order valence-electron chi connectivity index (χ1n) is 6.18. The number of hydrogen-bond donors (Lipinski definition) is 1. The Balaban J connectivity index is 2.45. The maximum atomic E-state index is 11.5. The minimum atomic E-state index is -3.19. The van der Waals surface area contributed by atoms with Gasteiger partial charge in [0.2, 0.25) is 0 Å². The summed E-state index contributed by atoms with van der Waals surface area (Å²) in [6.45, 7) is 4.81. The van der Waals surface area contributed by atoms with Crippen LogP contribution in [0, 0.1) is 0 Å². The molecule has 1 heterocycles. The van der Waals surface area contributed by atoms with Gasteiger partial charge in [-0.1, -0.05) is 13.8 Å². The molecule has 0 amide bonds. The van der Waals surface area contributed by atoms with Crippen molar-refractivity contribution in [2.75, 3.05) is 6.26 Å². The average molecular weight is 281 g/mol. The van der Waals surface area contributed by atoms with Gasteiger partial charge in [0.15, 0.2) is 9.84 Å². The molecule has 104 valence electrons. The van der Waals surface area contributed by atoms with Crippen molar-refractivity contribution in [3.63, 3.8) is 0 Å². The average Bonchev–Trinajstić information content (AvgIpc) is 2.62. The van der Waals surface area contributed by atoms with Crippen molar-refractivity contribution in [3.05, 3.63) is 24.0 Å². The fourth-order valence-electron chi connectivity index (χ4n) is 1.91. The zero-order valence-corrected chi connectivity index (χ0v) is 12.5. The van der Waals surface area contributed by atoms with Crippen LogP contribution in [0.4, 0.5) is 0 Å². The van der Waals surface area contributed by atoms with E-state index in [1.807, 2.05) is 11.6 Å². The van der Waals surface area contributed by atoms with E-state index < -0.39 is 9.84 Å². The van der Waals surface area contributed by atoms with Crippen molar-refractivity contribution < 1.29 is 8.42 Å². The molecule has 0 saturated carbocycles. The summed E-state index contributed by atoms with van der Waals surface area (Å²) in [5.74, 6) is 0.898. The number of nitrogens with one attached hydrogen (secondary N) is 1. The molecule has 0 radical (unpaired) electrons. The van der Waals surface area contributed by atoms with Gasteiger partial charge in [0, 0.05) is 19.3 Å². The van der Waals surface area contributed by atoms with Crippen LogP contribution in [0.5, 0.6) is 0 Å². The van der Waals surface area contributed by atoms with E-state index in [0.717, 1.165) is 11.3 Å². The van der Waals surface area contributed by atoms with Crippen molar-refractivity contribution in [2.24, 2.45) is 7.05 Å². The largest absolute Gasteiger partial charge is 0.330 e. The lowest BCUT2D eigenvalue weighted by molar-refractivity contribution is 0.563. The first-order valence-corrected chi connectivity index (χ1v) is 8.07. The first kappa shape index (κ1) is 14.0. The lowest BCUT2D eigenvalue weighted by Gasteiger charge is -2.07. The Labute approximate surface area is 113 Å². The number of rotatable bonds is 4. The molecule has 2 rings (SSSR count). The van der Waals surface area contributed by atoms with Crippen LogP contribution in [0.15, 0.2) is 23.1 Å².